The number of ether oxygens (including phenoxy) is 1. The van der Waals surface area contributed by atoms with Crippen LogP contribution in [0.25, 0.3) is 0 Å². The Morgan fingerprint density at radius 3 is 2.86 bits per heavy atom. The fourth-order valence-electron chi connectivity index (χ4n) is 2.47. The molecule has 2 aliphatic heterocycles. The lowest BCUT2D eigenvalue weighted by molar-refractivity contribution is 0.189. The molecule has 3 nitrogen and oxygen atoms in total. The van der Waals surface area contributed by atoms with Gasteiger partial charge in [0, 0.05) is 19.1 Å². The van der Waals surface area contributed by atoms with Crippen molar-refractivity contribution in [3.8, 4) is 0 Å². The lowest BCUT2D eigenvalue weighted by Gasteiger charge is -2.27. The van der Waals surface area contributed by atoms with Gasteiger partial charge in [-0.05, 0) is 33.0 Å². The molecule has 82 valence electrons. The molecular formula is C11H22N2O. The van der Waals surface area contributed by atoms with Gasteiger partial charge in [0.25, 0.3) is 0 Å². The third kappa shape index (κ3) is 2.69. The summed E-state index contributed by atoms with van der Waals surface area (Å²) in [5, 5.41) is 0. The van der Waals surface area contributed by atoms with Gasteiger partial charge in [0.2, 0.25) is 0 Å². The van der Waals surface area contributed by atoms with Crippen molar-refractivity contribution in [2.75, 3.05) is 39.8 Å². The average molecular weight is 198 g/mol. The normalized spacial score (nSPS) is 32.8. The first-order valence-corrected chi connectivity index (χ1v) is 5.83. The fraction of sp³-hybridized carbons (Fsp3) is 1.00. The summed E-state index contributed by atoms with van der Waals surface area (Å²) in [6.45, 7) is 8.09. The van der Waals surface area contributed by atoms with Crippen LogP contribution in [0, 0.1) is 0 Å². The second-order valence-electron chi connectivity index (χ2n) is 4.60. The summed E-state index contributed by atoms with van der Waals surface area (Å²) in [7, 11) is 2.22. The molecule has 2 fully saturated rings. The summed E-state index contributed by atoms with van der Waals surface area (Å²) >= 11 is 0. The fourth-order valence-corrected chi connectivity index (χ4v) is 2.47. The molecule has 0 aromatic heterocycles. The number of hydrogen-bond donors (Lipinski definition) is 0. The molecule has 0 amide bonds. The zero-order chi connectivity index (χ0) is 9.97. The van der Waals surface area contributed by atoms with Crippen LogP contribution in [-0.4, -0.2) is 61.8 Å². The first kappa shape index (κ1) is 10.4. The molecule has 2 aliphatic rings. The number of likely N-dealkylation sites (N-methyl/N-ethyl adjacent to an activating group) is 2. The van der Waals surface area contributed by atoms with Gasteiger partial charge in [-0.1, -0.05) is 6.92 Å². The lowest BCUT2D eigenvalue weighted by atomic mass is 10.2. The zero-order valence-electron chi connectivity index (χ0n) is 9.41. The van der Waals surface area contributed by atoms with E-state index >= 15 is 0 Å². The second kappa shape index (κ2) is 4.60. The molecule has 0 saturated carbocycles. The van der Waals surface area contributed by atoms with E-state index in [1.165, 1.54) is 32.5 Å². The van der Waals surface area contributed by atoms with Crippen LogP contribution < -0.4 is 0 Å². The Bertz CT molecular complexity index is 182. The highest BCUT2D eigenvalue weighted by Gasteiger charge is 2.28. The molecule has 2 unspecified atom stereocenters. The van der Waals surface area contributed by atoms with Crippen LogP contribution in [0.5, 0.6) is 0 Å². The van der Waals surface area contributed by atoms with Crippen molar-refractivity contribution in [2.45, 2.75) is 31.9 Å². The summed E-state index contributed by atoms with van der Waals surface area (Å²) < 4.78 is 5.24. The van der Waals surface area contributed by atoms with Crippen LogP contribution in [0.1, 0.15) is 19.8 Å². The van der Waals surface area contributed by atoms with Crippen molar-refractivity contribution in [1.29, 1.82) is 0 Å². The van der Waals surface area contributed by atoms with Gasteiger partial charge in [-0.15, -0.1) is 0 Å². The molecule has 2 rings (SSSR count). The number of nitrogens with zero attached hydrogens (tertiary/aromatic N) is 2. The highest BCUT2D eigenvalue weighted by Crippen LogP contribution is 2.18. The van der Waals surface area contributed by atoms with Crippen LogP contribution in [0.15, 0.2) is 0 Å². The van der Waals surface area contributed by atoms with E-state index in [1.54, 1.807) is 0 Å². The summed E-state index contributed by atoms with van der Waals surface area (Å²) in [5.74, 6) is 0. The van der Waals surface area contributed by atoms with E-state index in [-0.39, 0.29) is 0 Å². The Hall–Kier alpha value is -0.120. The maximum Gasteiger partial charge on any atom is 0.0936 e. The van der Waals surface area contributed by atoms with Gasteiger partial charge in [0.05, 0.1) is 12.7 Å². The first-order valence-electron chi connectivity index (χ1n) is 5.83. The van der Waals surface area contributed by atoms with E-state index in [0.29, 0.717) is 6.10 Å². The Morgan fingerprint density at radius 2 is 2.21 bits per heavy atom. The number of epoxide rings is 1. The van der Waals surface area contributed by atoms with E-state index in [2.05, 4.69) is 23.8 Å². The molecular weight excluding hydrogens is 176 g/mol. The Labute approximate surface area is 87.0 Å². The van der Waals surface area contributed by atoms with E-state index < -0.39 is 0 Å². The van der Waals surface area contributed by atoms with Crippen LogP contribution in [-0.2, 0) is 4.74 Å². The summed E-state index contributed by atoms with van der Waals surface area (Å²) in [5.41, 5.74) is 0. The minimum Gasteiger partial charge on any atom is -0.372 e. The van der Waals surface area contributed by atoms with Gasteiger partial charge in [-0.25, -0.2) is 0 Å². The van der Waals surface area contributed by atoms with Crippen molar-refractivity contribution < 1.29 is 4.74 Å². The van der Waals surface area contributed by atoms with Gasteiger partial charge < -0.3 is 9.64 Å². The molecule has 0 aromatic rings. The Kier molecular flexibility index (Phi) is 3.42. The van der Waals surface area contributed by atoms with Gasteiger partial charge in [0.1, 0.15) is 0 Å². The van der Waals surface area contributed by atoms with E-state index in [0.717, 1.165) is 19.2 Å². The van der Waals surface area contributed by atoms with Crippen LogP contribution in [0.2, 0.25) is 0 Å². The van der Waals surface area contributed by atoms with Gasteiger partial charge in [0.15, 0.2) is 0 Å². The summed E-state index contributed by atoms with van der Waals surface area (Å²) in [4.78, 5) is 5.03. The maximum atomic E-state index is 5.24. The minimum absolute atomic E-state index is 0.538. The van der Waals surface area contributed by atoms with E-state index in [1.807, 2.05) is 0 Å². The van der Waals surface area contributed by atoms with Crippen LogP contribution in [0.3, 0.4) is 0 Å². The predicted molar refractivity (Wildman–Crippen MR) is 57.5 cm³/mol. The second-order valence-corrected chi connectivity index (χ2v) is 4.60. The molecule has 2 heterocycles. The van der Waals surface area contributed by atoms with Gasteiger partial charge in [-0.2, -0.15) is 0 Å². The molecule has 0 bridgehead atoms. The van der Waals surface area contributed by atoms with Crippen molar-refractivity contribution in [3.63, 3.8) is 0 Å². The number of hydrogen-bond acceptors (Lipinski definition) is 3. The van der Waals surface area contributed by atoms with Crippen LogP contribution in [0.4, 0.5) is 0 Å². The van der Waals surface area contributed by atoms with Gasteiger partial charge in [-0.3, -0.25) is 4.90 Å². The Balaban J connectivity index is 1.71. The smallest absolute Gasteiger partial charge is 0.0936 e. The molecule has 3 heteroatoms. The van der Waals surface area contributed by atoms with E-state index in [4.69, 9.17) is 4.74 Å². The molecule has 0 spiro atoms. The van der Waals surface area contributed by atoms with E-state index in [9.17, 15) is 0 Å². The molecule has 0 radical (unpaired) electrons. The summed E-state index contributed by atoms with van der Waals surface area (Å²) in [6.07, 6.45) is 3.30. The quantitative estimate of drug-likeness (QED) is 0.609. The first-order chi connectivity index (χ1) is 6.79. The molecule has 14 heavy (non-hydrogen) atoms. The molecule has 2 saturated heterocycles. The number of likely N-dealkylation sites (tertiary alicyclic amines) is 1. The third-order valence-electron chi connectivity index (χ3n) is 3.35. The van der Waals surface area contributed by atoms with Crippen molar-refractivity contribution in [3.05, 3.63) is 0 Å². The molecule has 2 atom stereocenters. The average Bonchev–Trinajstić information content (AvgIpc) is 2.84. The molecule has 0 N–H and O–H groups in total. The zero-order valence-corrected chi connectivity index (χ0v) is 9.41. The monoisotopic (exact) mass is 198 g/mol. The topological polar surface area (TPSA) is 19.0 Å². The van der Waals surface area contributed by atoms with Crippen molar-refractivity contribution >= 4 is 0 Å². The minimum atomic E-state index is 0.538. The third-order valence-corrected chi connectivity index (χ3v) is 3.35. The lowest BCUT2D eigenvalue weighted by Crippen LogP contribution is -2.39. The predicted octanol–water partition coefficient (Wildman–Crippen LogP) is 0.801. The van der Waals surface area contributed by atoms with Crippen LogP contribution >= 0.6 is 0 Å². The maximum absolute atomic E-state index is 5.24. The highest BCUT2D eigenvalue weighted by atomic mass is 16.6. The van der Waals surface area contributed by atoms with Crippen molar-refractivity contribution in [2.24, 2.45) is 0 Å². The summed E-state index contributed by atoms with van der Waals surface area (Å²) in [6, 6.07) is 0.795. The Morgan fingerprint density at radius 1 is 1.43 bits per heavy atom. The van der Waals surface area contributed by atoms with Crippen molar-refractivity contribution in [1.82, 2.24) is 9.80 Å². The largest absolute Gasteiger partial charge is 0.372 e. The standard InChI is InChI=1S/C11H22N2O/c1-3-13-6-4-5-10(13)7-12(2)8-11-9-14-11/h10-11H,3-9H2,1-2H3. The molecule has 0 aromatic carbocycles. The molecule has 0 aliphatic carbocycles. The highest BCUT2D eigenvalue weighted by molar-refractivity contribution is 4.82. The number of rotatable bonds is 5. The van der Waals surface area contributed by atoms with Gasteiger partial charge >= 0.3 is 0 Å². The SMILES string of the molecule is CCN1CCCC1CN(C)CC1CO1.